The summed E-state index contributed by atoms with van der Waals surface area (Å²) in [6, 6.07) is 11.4. The van der Waals surface area contributed by atoms with Gasteiger partial charge >= 0.3 is 0 Å². The summed E-state index contributed by atoms with van der Waals surface area (Å²) in [6.45, 7) is 2.08. The van der Waals surface area contributed by atoms with Crippen molar-refractivity contribution in [3.8, 4) is 16.9 Å². The van der Waals surface area contributed by atoms with Crippen molar-refractivity contribution >= 4 is 17.9 Å². The van der Waals surface area contributed by atoms with Crippen molar-refractivity contribution in [2.75, 3.05) is 7.11 Å². The fourth-order valence-electron chi connectivity index (χ4n) is 2.13. The van der Waals surface area contributed by atoms with Crippen LogP contribution in [0, 0.1) is 0 Å². The van der Waals surface area contributed by atoms with Crippen molar-refractivity contribution in [3.05, 3.63) is 52.5 Å². The number of rotatable bonds is 4. The van der Waals surface area contributed by atoms with Crippen LogP contribution >= 0.6 is 11.6 Å². The number of aldehydes is 1. The van der Waals surface area contributed by atoms with Crippen LogP contribution in [0.4, 0.5) is 0 Å². The molecule has 0 fully saturated rings. The molecule has 0 saturated carbocycles. The molecule has 2 aromatic rings. The molecule has 0 amide bonds. The maximum atomic E-state index is 11.1. The van der Waals surface area contributed by atoms with Crippen molar-refractivity contribution in [1.29, 1.82) is 0 Å². The van der Waals surface area contributed by atoms with Crippen LogP contribution < -0.4 is 4.74 Å². The molecule has 0 aliphatic heterocycles. The third-order valence-electron chi connectivity index (χ3n) is 3.12. The van der Waals surface area contributed by atoms with Gasteiger partial charge in [-0.1, -0.05) is 30.7 Å². The molecule has 0 heterocycles. The molecule has 0 saturated heterocycles. The van der Waals surface area contributed by atoms with Crippen LogP contribution in [0.25, 0.3) is 11.1 Å². The standard InChI is InChI=1S/C16H15ClO2/c1-3-11-9-14(17)5-6-15(11)12-4-7-16(19-2)13(8-12)10-18/h4-10H,3H2,1-2H3. The Morgan fingerprint density at radius 3 is 2.63 bits per heavy atom. The first-order chi connectivity index (χ1) is 9.19. The Balaban J connectivity index is 2.56. The summed E-state index contributed by atoms with van der Waals surface area (Å²) in [5.74, 6) is 0.589. The number of aryl methyl sites for hydroxylation is 1. The molecule has 2 nitrogen and oxygen atoms in total. The molecule has 0 bridgehead atoms. The number of hydrogen-bond donors (Lipinski definition) is 0. The monoisotopic (exact) mass is 274 g/mol. The Kier molecular flexibility index (Phi) is 4.23. The fraction of sp³-hybridized carbons (Fsp3) is 0.188. The molecular weight excluding hydrogens is 260 g/mol. The minimum atomic E-state index is 0.553. The SMILES string of the molecule is CCc1cc(Cl)ccc1-c1ccc(OC)c(C=O)c1. The second-order valence-electron chi connectivity index (χ2n) is 4.23. The van der Waals surface area contributed by atoms with Crippen LogP contribution in [0.5, 0.6) is 5.75 Å². The van der Waals surface area contributed by atoms with E-state index in [0.717, 1.165) is 34.4 Å². The number of carbonyl (C=O) groups is 1. The maximum Gasteiger partial charge on any atom is 0.153 e. The van der Waals surface area contributed by atoms with E-state index >= 15 is 0 Å². The lowest BCUT2D eigenvalue weighted by Gasteiger charge is -2.11. The molecular formula is C16H15ClO2. The van der Waals surface area contributed by atoms with Crippen LogP contribution in [0.3, 0.4) is 0 Å². The quantitative estimate of drug-likeness (QED) is 0.773. The van der Waals surface area contributed by atoms with Crippen LogP contribution in [0.2, 0.25) is 5.02 Å². The van der Waals surface area contributed by atoms with Crippen LogP contribution in [0.15, 0.2) is 36.4 Å². The minimum Gasteiger partial charge on any atom is -0.496 e. The average molecular weight is 275 g/mol. The van der Waals surface area contributed by atoms with Crippen molar-refractivity contribution in [2.45, 2.75) is 13.3 Å². The molecule has 2 rings (SSSR count). The zero-order valence-electron chi connectivity index (χ0n) is 10.9. The number of benzene rings is 2. The summed E-state index contributed by atoms with van der Waals surface area (Å²) >= 11 is 6.01. The molecule has 19 heavy (non-hydrogen) atoms. The fourth-order valence-corrected chi connectivity index (χ4v) is 2.33. The Morgan fingerprint density at radius 2 is 2.00 bits per heavy atom. The first-order valence-electron chi connectivity index (χ1n) is 6.11. The summed E-state index contributed by atoms with van der Waals surface area (Å²) in [5, 5.41) is 0.727. The molecule has 0 unspecified atom stereocenters. The van der Waals surface area contributed by atoms with Crippen molar-refractivity contribution in [3.63, 3.8) is 0 Å². The number of halogens is 1. The van der Waals surface area contributed by atoms with Gasteiger partial charge in [0.25, 0.3) is 0 Å². The van der Waals surface area contributed by atoms with Gasteiger partial charge in [0.05, 0.1) is 12.7 Å². The van der Waals surface area contributed by atoms with Gasteiger partial charge in [-0.15, -0.1) is 0 Å². The maximum absolute atomic E-state index is 11.1. The number of ether oxygens (including phenoxy) is 1. The van der Waals surface area contributed by atoms with Crippen LogP contribution in [0.1, 0.15) is 22.8 Å². The normalized spacial score (nSPS) is 10.3. The zero-order valence-corrected chi connectivity index (χ0v) is 11.7. The summed E-state index contributed by atoms with van der Waals surface area (Å²) in [7, 11) is 1.56. The molecule has 0 aliphatic carbocycles. The summed E-state index contributed by atoms with van der Waals surface area (Å²) < 4.78 is 5.15. The van der Waals surface area contributed by atoms with E-state index in [2.05, 4.69) is 6.92 Å². The van der Waals surface area contributed by atoms with Gasteiger partial charge in [0.1, 0.15) is 5.75 Å². The molecule has 3 heteroatoms. The number of carbonyl (C=O) groups excluding carboxylic acids is 1. The number of hydrogen-bond acceptors (Lipinski definition) is 2. The Labute approximate surface area is 118 Å². The molecule has 0 N–H and O–H groups in total. The Morgan fingerprint density at radius 1 is 1.21 bits per heavy atom. The minimum absolute atomic E-state index is 0.553. The molecule has 0 aliphatic rings. The molecule has 2 aromatic carbocycles. The van der Waals surface area contributed by atoms with E-state index in [9.17, 15) is 4.79 Å². The summed E-state index contributed by atoms with van der Waals surface area (Å²) in [6.07, 6.45) is 1.70. The predicted octanol–water partition coefficient (Wildman–Crippen LogP) is 4.39. The highest BCUT2D eigenvalue weighted by atomic mass is 35.5. The Bertz CT molecular complexity index is 606. The third-order valence-corrected chi connectivity index (χ3v) is 3.35. The van der Waals surface area contributed by atoms with E-state index in [4.69, 9.17) is 16.3 Å². The topological polar surface area (TPSA) is 26.3 Å². The van der Waals surface area contributed by atoms with Gasteiger partial charge in [0.15, 0.2) is 6.29 Å². The molecule has 0 atom stereocenters. The van der Waals surface area contributed by atoms with Gasteiger partial charge in [0, 0.05) is 5.02 Å². The first-order valence-corrected chi connectivity index (χ1v) is 6.49. The third kappa shape index (κ3) is 2.79. The van der Waals surface area contributed by atoms with Gasteiger partial charge in [-0.2, -0.15) is 0 Å². The van der Waals surface area contributed by atoms with Crippen LogP contribution in [-0.4, -0.2) is 13.4 Å². The zero-order chi connectivity index (χ0) is 13.8. The second-order valence-corrected chi connectivity index (χ2v) is 4.67. The van der Waals surface area contributed by atoms with E-state index in [1.807, 2.05) is 36.4 Å². The lowest BCUT2D eigenvalue weighted by Crippen LogP contribution is -1.93. The first kappa shape index (κ1) is 13.6. The summed E-state index contributed by atoms with van der Waals surface area (Å²) in [5.41, 5.74) is 3.81. The van der Waals surface area contributed by atoms with E-state index < -0.39 is 0 Å². The highest BCUT2D eigenvalue weighted by molar-refractivity contribution is 6.30. The highest BCUT2D eigenvalue weighted by Crippen LogP contribution is 2.30. The van der Waals surface area contributed by atoms with E-state index in [-0.39, 0.29) is 0 Å². The van der Waals surface area contributed by atoms with Gasteiger partial charge in [-0.05, 0) is 47.4 Å². The van der Waals surface area contributed by atoms with E-state index in [1.54, 1.807) is 7.11 Å². The van der Waals surface area contributed by atoms with Crippen molar-refractivity contribution in [2.24, 2.45) is 0 Å². The van der Waals surface area contributed by atoms with E-state index in [0.29, 0.717) is 11.3 Å². The average Bonchev–Trinajstić information content (AvgIpc) is 2.46. The summed E-state index contributed by atoms with van der Waals surface area (Å²) in [4.78, 5) is 11.1. The molecule has 0 spiro atoms. The Hall–Kier alpha value is -1.80. The molecule has 0 radical (unpaired) electrons. The molecule has 0 aromatic heterocycles. The lowest BCUT2D eigenvalue weighted by molar-refractivity contribution is 0.112. The lowest BCUT2D eigenvalue weighted by atomic mass is 9.96. The van der Waals surface area contributed by atoms with Gasteiger partial charge in [-0.3, -0.25) is 4.79 Å². The van der Waals surface area contributed by atoms with Crippen molar-refractivity contribution < 1.29 is 9.53 Å². The van der Waals surface area contributed by atoms with Gasteiger partial charge in [0.2, 0.25) is 0 Å². The predicted molar refractivity (Wildman–Crippen MR) is 78.2 cm³/mol. The van der Waals surface area contributed by atoms with Gasteiger partial charge in [-0.25, -0.2) is 0 Å². The largest absolute Gasteiger partial charge is 0.496 e. The van der Waals surface area contributed by atoms with Crippen molar-refractivity contribution in [1.82, 2.24) is 0 Å². The highest BCUT2D eigenvalue weighted by Gasteiger charge is 2.08. The second kappa shape index (κ2) is 5.89. The van der Waals surface area contributed by atoms with Gasteiger partial charge < -0.3 is 4.74 Å². The smallest absolute Gasteiger partial charge is 0.153 e. The van der Waals surface area contributed by atoms with Crippen LogP contribution in [-0.2, 0) is 6.42 Å². The molecule has 98 valence electrons. The van der Waals surface area contributed by atoms with E-state index in [1.165, 1.54) is 0 Å². The number of methoxy groups -OCH3 is 1.